The molecule has 2 aliphatic rings. The zero-order chi connectivity index (χ0) is 26.1. The first kappa shape index (κ1) is 25.7. The van der Waals surface area contributed by atoms with Crippen LogP contribution in [0, 0.1) is 19.3 Å². The first-order valence-corrected chi connectivity index (χ1v) is 12.8. The lowest BCUT2D eigenvalue weighted by atomic mass is 9.84. The Labute approximate surface area is 214 Å². The monoisotopic (exact) mass is 490 g/mol. The van der Waals surface area contributed by atoms with Gasteiger partial charge in [-0.2, -0.15) is 0 Å². The molecule has 0 atom stereocenters. The Bertz CT molecular complexity index is 1130. The van der Waals surface area contributed by atoms with Crippen LogP contribution in [0.4, 0.5) is 11.4 Å². The second-order valence-corrected chi connectivity index (χ2v) is 11.4. The molecule has 2 fully saturated rings. The number of rotatable bonds is 5. The molecular formula is C29H38N4O3. The van der Waals surface area contributed by atoms with Crippen molar-refractivity contribution in [1.82, 2.24) is 9.80 Å². The summed E-state index contributed by atoms with van der Waals surface area (Å²) in [4.78, 5) is 45.3. The molecule has 0 saturated carbocycles. The van der Waals surface area contributed by atoms with Gasteiger partial charge in [0, 0.05) is 30.9 Å². The van der Waals surface area contributed by atoms with Crippen LogP contribution in [0.1, 0.15) is 51.2 Å². The van der Waals surface area contributed by atoms with Crippen molar-refractivity contribution in [3.63, 3.8) is 0 Å². The topological polar surface area (TPSA) is 73.0 Å². The Morgan fingerprint density at radius 1 is 0.972 bits per heavy atom. The quantitative estimate of drug-likeness (QED) is 0.677. The van der Waals surface area contributed by atoms with E-state index in [9.17, 15) is 14.4 Å². The lowest BCUT2D eigenvalue weighted by Crippen LogP contribution is -2.57. The fourth-order valence-corrected chi connectivity index (χ4v) is 5.21. The van der Waals surface area contributed by atoms with E-state index in [-0.39, 0.29) is 29.7 Å². The van der Waals surface area contributed by atoms with Crippen LogP contribution in [-0.2, 0) is 14.4 Å². The van der Waals surface area contributed by atoms with E-state index < -0.39 is 5.54 Å². The van der Waals surface area contributed by atoms with Gasteiger partial charge in [-0.05, 0) is 67.5 Å². The molecule has 0 radical (unpaired) electrons. The molecule has 2 saturated heterocycles. The second kappa shape index (κ2) is 9.96. The summed E-state index contributed by atoms with van der Waals surface area (Å²) >= 11 is 0. The third-order valence-corrected chi connectivity index (χ3v) is 7.33. The maximum absolute atomic E-state index is 13.9. The number of hydrogen-bond donors (Lipinski definition) is 1. The van der Waals surface area contributed by atoms with Crippen molar-refractivity contribution >= 4 is 29.1 Å². The summed E-state index contributed by atoms with van der Waals surface area (Å²) in [6.07, 6.45) is 1.58. The first-order valence-electron chi connectivity index (χ1n) is 12.8. The van der Waals surface area contributed by atoms with Gasteiger partial charge < -0.3 is 20.0 Å². The summed E-state index contributed by atoms with van der Waals surface area (Å²) in [6.45, 7) is 11.6. The number of anilines is 2. The third kappa shape index (κ3) is 5.40. The van der Waals surface area contributed by atoms with Crippen LogP contribution >= 0.6 is 0 Å². The van der Waals surface area contributed by atoms with Crippen molar-refractivity contribution in [2.75, 3.05) is 36.5 Å². The van der Waals surface area contributed by atoms with Crippen molar-refractivity contribution in [2.24, 2.45) is 5.41 Å². The Balaban J connectivity index is 1.51. The molecule has 4 rings (SSSR count). The van der Waals surface area contributed by atoms with Gasteiger partial charge in [0.15, 0.2) is 0 Å². The molecule has 2 heterocycles. The minimum Gasteiger partial charge on any atom is -0.342 e. The van der Waals surface area contributed by atoms with E-state index in [1.54, 1.807) is 4.90 Å². The van der Waals surface area contributed by atoms with E-state index in [1.165, 1.54) is 0 Å². The highest BCUT2D eigenvalue weighted by Crippen LogP contribution is 2.39. The van der Waals surface area contributed by atoms with Crippen LogP contribution in [0.25, 0.3) is 0 Å². The lowest BCUT2D eigenvalue weighted by Gasteiger charge is -2.43. The molecule has 1 spiro atoms. The van der Waals surface area contributed by atoms with Crippen molar-refractivity contribution in [1.29, 1.82) is 0 Å². The lowest BCUT2D eigenvalue weighted by molar-refractivity contribution is -0.140. The molecule has 2 aromatic carbocycles. The number of likely N-dealkylation sites (tertiary alicyclic amines) is 1. The Morgan fingerprint density at radius 3 is 2.25 bits per heavy atom. The van der Waals surface area contributed by atoms with Crippen molar-refractivity contribution in [2.45, 2.75) is 59.4 Å². The number of piperidine rings is 1. The van der Waals surface area contributed by atoms with Crippen LogP contribution in [-0.4, -0.2) is 59.4 Å². The van der Waals surface area contributed by atoms with Gasteiger partial charge in [-0.1, -0.05) is 45.0 Å². The number of nitrogens with one attached hydrogen (secondary N) is 1. The van der Waals surface area contributed by atoms with Crippen LogP contribution < -0.4 is 10.2 Å². The summed E-state index contributed by atoms with van der Waals surface area (Å²) in [6, 6.07) is 15.7. The molecule has 0 bridgehead atoms. The Morgan fingerprint density at radius 2 is 1.64 bits per heavy atom. The maximum Gasteiger partial charge on any atom is 0.250 e. The van der Waals surface area contributed by atoms with E-state index >= 15 is 0 Å². The average molecular weight is 491 g/mol. The Hall–Kier alpha value is -3.35. The summed E-state index contributed by atoms with van der Waals surface area (Å²) in [5.74, 6) is -0.113. The number of nitrogens with zero attached hydrogens (tertiary/aromatic N) is 3. The third-order valence-electron chi connectivity index (χ3n) is 7.33. The number of amides is 3. The average Bonchev–Trinajstić information content (AvgIpc) is 3.07. The predicted octanol–water partition coefficient (Wildman–Crippen LogP) is 4.35. The number of aryl methyl sites for hydroxylation is 2. The standard InChI is InChI=1S/C29H38N4O3/c1-21-11-12-23(17-22(21)2)30-25(34)19-32-20-33(24-9-7-6-8-10-24)29(27(32)36)13-15-31(16-14-29)26(35)18-28(3,4)5/h6-12,17H,13-16,18-20H2,1-5H3,(H,30,34). The molecule has 192 valence electrons. The SMILES string of the molecule is Cc1ccc(NC(=O)CN2CN(c3ccccc3)C3(CCN(C(=O)CC(C)(C)C)CC3)C2=O)cc1C. The van der Waals surface area contributed by atoms with E-state index in [4.69, 9.17) is 0 Å². The van der Waals surface area contributed by atoms with Crippen LogP contribution in [0.2, 0.25) is 0 Å². The number of para-hydroxylation sites is 1. The molecule has 7 heteroatoms. The van der Waals surface area contributed by atoms with E-state index in [1.807, 2.05) is 67.3 Å². The summed E-state index contributed by atoms with van der Waals surface area (Å²) in [7, 11) is 0. The molecule has 0 unspecified atom stereocenters. The number of benzene rings is 2. The minimum absolute atomic E-state index is 0.0104. The van der Waals surface area contributed by atoms with E-state index in [0.717, 1.165) is 22.5 Å². The number of carbonyl (C=O) groups is 3. The zero-order valence-corrected chi connectivity index (χ0v) is 22.1. The van der Waals surface area contributed by atoms with Gasteiger partial charge in [-0.25, -0.2) is 0 Å². The highest BCUT2D eigenvalue weighted by molar-refractivity contribution is 5.99. The van der Waals surface area contributed by atoms with Gasteiger partial charge in [0.1, 0.15) is 12.1 Å². The fourth-order valence-electron chi connectivity index (χ4n) is 5.21. The van der Waals surface area contributed by atoms with Crippen molar-refractivity contribution < 1.29 is 14.4 Å². The molecule has 0 aromatic heterocycles. The largest absolute Gasteiger partial charge is 0.342 e. The number of hydrogen-bond acceptors (Lipinski definition) is 4. The van der Waals surface area contributed by atoms with Gasteiger partial charge in [-0.15, -0.1) is 0 Å². The molecule has 36 heavy (non-hydrogen) atoms. The second-order valence-electron chi connectivity index (χ2n) is 11.4. The van der Waals surface area contributed by atoms with Crippen LogP contribution in [0.15, 0.2) is 48.5 Å². The van der Waals surface area contributed by atoms with Crippen LogP contribution in [0.3, 0.4) is 0 Å². The highest BCUT2D eigenvalue weighted by Gasteiger charge is 2.54. The highest BCUT2D eigenvalue weighted by atomic mass is 16.2. The van der Waals surface area contributed by atoms with Gasteiger partial charge in [0.25, 0.3) is 5.91 Å². The molecule has 3 amide bonds. The molecule has 2 aromatic rings. The summed E-state index contributed by atoms with van der Waals surface area (Å²) < 4.78 is 0. The molecule has 0 aliphatic carbocycles. The van der Waals surface area contributed by atoms with Crippen molar-refractivity contribution in [3.8, 4) is 0 Å². The fraction of sp³-hybridized carbons (Fsp3) is 0.483. The van der Waals surface area contributed by atoms with Gasteiger partial charge in [0.2, 0.25) is 11.8 Å². The number of carbonyl (C=O) groups excluding carboxylic acids is 3. The molecular weight excluding hydrogens is 452 g/mol. The van der Waals surface area contributed by atoms with E-state index in [2.05, 4.69) is 31.0 Å². The molecule has 1 N–H and O–H groups in total. The first-order chi connectivity index (χ1) is 17.0. The van der Waals surface area contributed by atoms with Gasteiger partial charge in [0.05, 0.1) is 6.67 Å². The summed E-state index contributed by atoms with van der Waals surface area (Å²) in [5, 5.41) is 2.94. The predicted molar refractivity (Wildman–Crippen MR) is 143 cm³/mol. The van der Waals surface area contributed by atoms with Crippen molar-refractivity contribution in [3.05, 3.63) is 59.7 Å². The molecule has 7 nitrogen and oxygen atoms in total. The zero-order valence-electron chi connectivity index (χ0n) is 22.1. The maximum atomic E-state index is 13.9. The summed E-state index contributed by atoms with van der Waals surface area (Å²) in [5.41, 5.74) is 3.13. The normalized spacial score (nSPS) is 17.6. The minimum atomic E-state index is -0.749. The van der Waals surface area contributed by atoms with Gasteiger partial charge in [-0.3, -0.25) is 14.4 Å². The van der Waals surface area contributed by atoms with E-state index in [0.29, 0.717) is 39.0 Å². The smallest absolute Gasteiger partial charge is 0.250 e. The van der Waals surface area contributed by atoms with Gasteiger partial charge >= 0.3 is 0 Å². The van der Waals surface area contributed by atoms with Crippen LogP contribution in [0.5, 0.6) is 0 Å². The Kier molecular flexibility index (Phi) is 7.12. The molecule has 2 aliphatic heterocycles.